The minimum Gasteiger partial charge on any atom is -0.444 e. The number of ether oxygens (including phenoxy) is 1. The Morgan fingerprint density at radius 1 is 1.53 bits per heavy atom. The minimum atomic E-state index is -0.425. The molecule has 4 heteroatoms. The van der Waals surface area contributed by atoms with E-state index in [0.29, 0.717) is 12.0 Å². The molecular formula is C15H26N2O2. The van der Waals surface area contributed by atoms with E-state index in [1.165, 1.54) is 0 Å². The molecule has 1 heterocycles. The van der Waals surface area contributed by atoms with Gasteiger partial charge in [-0.2, -0.15) is 0 Å². The molecule has 1 N–H and O–H groups in total. The molecule has 0 aliphatic carbocycles. The Labute approximate surface area is 116 Å². The van der Waals surface area contributed by atoms with Gasteiger partial charge >= 0.3 is 6.09 Å². The van der Waals surface area contributed by atoms with E-state index in [0.717, 1.165) is 25.9 Å². The lowest BCUT2D eigenvalue weighted by atomic mass is 9.96. The summed E-state index contributed by atoms with van der Waals surface area (Å²) in [6.45, 7) is 9.07. The summed E-state index contributed by atoms with van der Waals surface area (Å²) in [4.78, 5) is 13.8. The highest BCUT2D eigenvalue weighted by Crippen LogP contribution is 2.23. The lowest BCUT2D eigenvalue weighted by molar-refractivity contribution is 0.0286. The maximum atomic E-state index is 12.0. The van der Waals surface area contributed by atoms with Gasteiger partial charge in [0.05, 0.1) is 0 Å². The van der Waals surface area contributed by atoms with Gasteiger partial charge in [-0.15, -0.1) is 11.8 Å². The molecule has 0 bridgehead atoms. The van der Waals surface area contributed by atoms with Crippen LogP contribution in [0.2, 0.25) is 0 Å². The maximum Gasteiger partial charge on any atom is 0.410 e. The molecule has 1 aliphatic heterocycles. The van der Waals surface area contributed by atoms with Gasteiger partial charge in [0, 0.05) is 25.6 Å². The average Bonchev–Trinajstić information content (AvgIpc) is 2.77. The van der Waals surface area contributed by atoms with Crippen molar-refractivity contribution in [3.63, 3.8) is 0 Å². The van der Waals surface area contributed by atoms with Gasteiger partial charge in [0.25, 0.3) is 0 Å². The predicted molar refractivity (Wildman–Crippen MR) is 76.8 cm³/mol. The zero-order valence-corrected chi connectivity index (χ0v) is 12.7. The van der Waals surface area contributed by atoms with Crippen molar-refractivity contribution in [3.05, 3.63) is 0 Å². The summed E-state index contributed by atoms with van der Waals surface area (Å²) in [5, 5.41) is 3.31. The normalized spacial score (nSPS) is 20.7. The van der Waals surface area contributed by atoms with Gasteiger partial charge in [0.2, 0.25) is 0 Å². The first-order valence-corrected chi connectivity index (χ1v) is 6.92. The van der Waals surface area contributed by atoms with Gasteiger partial charge < -0.3 is 15.0 Å². The second-order valence-corrected chi connectivity index (χ2v) is 6.00. The van der Waals surface area contributed by atoms with Crippen LogP contribution in [-0.4, -0.2) is 42.8 Å². The van der Waals surface area contributed by atoms with Gasteiger partial charge in [0.15, 0.2) is 0 Å². The molecule has 108 valence electrons. The highest BCUT2D eigenvalue weighted by molar-refractivity contribution is 5.68. The molecule has 2 unspecified atom stereocenters. The molecule has 0 aromatic rings. The first-order valence-electron chi connectivity index (χ1n) is 6.92. The predicted octanol–water partition coefficient (Wildman–Crippen LogP) is 2.24. The Hall–Kier alpha value is -1.21. The Bertz CT molecular complexity index is 363. The van der Waals surface area contributed by atoms with Crippen molar-refractivity contribution in [2.75, 3.05) is 20.1 Å². The molecule has 19 heavy (non-hydrogen) atoms. The first kappa shape index (κ1) is 15.8. The van der Waals surface area contributed by atoms with Crippen LogP contribution < -0.4 is 5.32 Å². The molecule has 0 radical (unpaired) electrons. The molecule has 0 aromatic heterocycles. The van der Waals surface area contributed by atoms with E-state index in [1.807, 2.05) is 34.7 Å². The number of likely N-dealkylation sites (tertiary alicyclic amines) is 1. The van der Waals surface area contributed by atoms with Crippen molar-refractivity contribution in [3.8, 4) is 11.8 Å². The molecule has 1 rings (SSSR count). The standard InChI is InChI=1S/C15H26N2O2/c1-6-7-8-13(16-5)12-9-10-17(11-12)14(18)19-15(2,3)4/h12-13,16H,8-11H2,1-5H3. The fourth-order valence-electron chi connectivity index (χ4n) is 2.32. The molecule has 2 atom stereocenters. The first-order chi connectivity index (χ1) is 8.87. The molecule has 4 nitrogen and oxygen atoms in total. The van der Waals surface area contributed by atoms with Gasteiger partial charge in [-0.25, -0.2) is 4.79 Å². The number of carbonyl (C=O) groups excluding carboxylic acids is 1. The quantitative estimate of drug-likeness (QED) is 0.797. The fraction of sp³-hybridized carbons (Fsp3) is 0.800. The van der Waals surface area contributed by atoms with E-state index in [4.69, 9.17) is 4.74 Å². The molecule has 1 saturated heterocycles. The van der Waals surface area contributed by atoms with Crippen molar-refractivity contribution in [2.24, 2.45) is 5.92 Å². The smallest absolute Gasteiger partial charge is 0.410 e. The van der Waals surface area contributed by atoms with Crippen LogP contribution in [0.5, 0.6) is 0 Å². The Morgan fingerprint density at radius 3 is 2.74 bits per heavy atom. The van der Waals surface area contributed by atoms with Crippen molar-refractivity contribution >= 4 is 6.09 Å². The van der Waals surface area contributed by atoms with E-state index in [1.54, 1.807) is 4.90 Å². The van der Waals surface area contributed by atoms with Gasteiger partial charge in [0.1, 0.15) is 5.60 Å². The van der Waals surface area contributed by atoms with Crippen LogP contribution in [0, 0.1) is 17.8 Å². The van der Waals surface area contributed by atoms with Gasteiger partial charge in [-0.05, 0) is 47.1 Å². The van der Waals surface area contributed by atoms with Crippen LogP contribution in [0.1, 0.15) is 40.5 Å². The van der Waals surface area contributed by atoms with E-state index < -0.39 is 5.60 Å². The number of hydrogen-bond acceptors (Lipinski definition) is 3. The monoisotopic (exact) mass is 266 g/mol. The third kappa shape index (κ3) is 5.12. The molecular weight excluding hydrogens is 240 g/mol. The van der Waals surface area contributed by atoms with E-state index >= 15 is 0 Å². The Morgan fingerprint density at radius 2 is 2.21 bits per heavy atom. The van der Waals surface area contributed by atoms with Crippen molar-refractivity contribution in [1.82, 2.24) is 10.2 Å². The Balaban J connectivity index is 2.51. The number of carbonyl (C=O) groups is 1. The second-order valence-electron chi connectivity index (χ2n) is 6.00. The summed E-state index contributed by atoms with van der Waals surface area (Å²) in [6, 6.07) is 0.347. The zero-order chi connectivity index (χ0) is 14.5. The number of rotatable bonds is 3. The van der Waals surface area contributed by atoms with Crippen molar-refractivity contribution in [1.29, 1.82) is 0 Å². The van der Waals surface area contributed by atoms with Crippen LogP contribution in [-0.2, 0) is 4.74 Å². The number of hydrogen-bond donors (Lipinski definition) is 1. The van der Waals surface area contributed by atoms with E-state index in [2.05, 4.69) is 17.2 Å². The summed E-state index contributed by atoms with van der Waals surface area (Å²) in [6.07, 6.45) is 1.64. The average molecular weight is 266 g/mol. The fourth-order valence-corrected chi connectivity index (χ4v) is 2.32. The minimum absolute atomic E-state index is 0.202. The van der Waals surface area contributed by atoms with E-state index in [-0.39, 0.29) is 6.09 Å². The van der Waals surface area contributed by atoms with Crippen LogP contribution >= 0.6 is 0 Å². The van der Waals surface area contributed by atoms with Crippen LogP contribution in [0.3, 0.4) is 0 Å². The highest BCUT2D eigenvalue weighted by Gasteiger charge is 2.33. The van der Waals surface area contributed by atoms with Crippen LogP contribution in [0.25, 0.3) is 0 Å². The molecule has 1 aliphatic rings. The summed E-state index contributed by atoms with van der Waals surface area (Å²) in [5.41, 5.74) is -0.425. The van der Waals surface area contributed by atoms with E-state index in [9.17, 15) is 4.79 Å². The van der Waals surface area contributed by atoms with Gasteiger partial charge in [-0.1, -0.05) is 0 Å². The molecule has 1 amide bonds. The zero-order valence-electron chi connectivity index (χ0n) is 12.7. The SMILES string of the molecule is CC#CCC(NC)C1CCN(C(=O)OC(C)(C)C)C1. The summed E-state index contributed by atoms with van der Waals surface area (Å²) in [7, 11) is 1.96. The molecule has 0 aromatic carbocycles. The number of nitrogens with one attached hydrogen (secondary N) is 1. The van der Waals surface area contributed by atoms with Crippen LogP contribution in [0.4, 0.5) is 4.79 Å². The molecule has 1 fully saturated rings. The maximum absolute atomic E-state index is 12.0. The van der Waals surface area contributed by atoms with Crippen molar-refractivity contribution in [2.45, 2.75) is 52.2 Å². The topological polar surface area (TPSA) is 41.6 Å². The highest BCUT2D eigenvalue weighted by atomic mass is 16.6. The third-order valence-electron chi connectivity index (χ3n) is 3.31. The lowest BCUT2D eigenvalue weighted by Crippen LogP contribution is -2.38. The number of nitrogens with zero attached hydrogens (tertiary/aromatic N) is 1. The molecule has 0 saturated carbocycles. The largest absolute Gasteiger partial charge is 0.444 e. The van der Waals surface area contributed by atoms with Crippen molar-refractivity contribution < 1.29 is 9.53 Å². The second kappa shape index (κ2) is 6.81. The van der Waals surface area contributed by atoms with Crippen LogP contribution in [0.15, 0.2) is 0 Å². The summed E-state index contributed by atoms with van der Waals surface area (Å²) in [5.74, 6) is 6.49. The lowest BCUT2D eigenvalue weighted by Gasteiger charge is -2.25. The Kier molecular flexibility index (Phi) is 5.68. The molecule has 0 spiro atoms. The van der Waals surface area contributed by atoms with Gasteiger partial charge in [-0.3, -0.25) is 0 Å². The number of amides is 1. The summed E-state index contributed by atoms with van der Waals surface area (Å²) < 4.78 is 5.40. The third-order valence-corrected chi connectivity index (χ3v) is 3.31. The summed E-state index contributed by atoms with van der Waals surface area (Å²) >= 11 is 0.